The number of ether oxygens (including phenoxy) is 1. The highest BCUT2D eigenvalue weighted by Crippen LogP contribution is 2.24. The molecule has 3 rings (SSSR count). The fraction of sp³-hybridized carbons (Fsp3) is 0.500. The van der Waals surface area contributed by atoms with Crippen molar-refractivity contribution in [2.75, 3.05) is 13.7 Å². The Morgan fingerprint density at radius 1 is 1.43 bits per heavy atom. The van der Waals surface area contributed by atoms with E-state index in [0.29, 0.717) is 19.1 Å². The summed E-state index contributed by atoms with van der Waals surface area (Å²) in [6, 6.07) is 6.43. The first-order chi connectivity index (χ1) is 10.3. The second kappa shape index (κ2) is 6.26. The number of methoxy groups -OCH3 is 1. The average Bonchev–Trinajstić information content (AvgIpc) is 3.15. The molecule has 5 nitrogen and oxygen atoms in total. The summed E-state index contributed by atoms with van der Waals surface area (Å²) in [4.78, 5) is 18.5. The quantitative estimate of drug-likeness (QED) is 0.791. The number of esters is 1. The number of carbonyl (C=O) groups excluding carboxylic acids is 1. The SMILES string of the molecule is COC(=O)CN(Cc1cn2ccccc2n1)C1CCCC1. The zero-order chi connectivity index (χ0) is 14.7. The van der Waals surface area contributed by atoms with Gasteiger partial charge in [-0.25, -0.2) is 4.98 Å². The molecule has 0 saturated heterocycles. The first-order valence-corrected chi connectivity index (χ1v) is 7.50. The summed E-state index contributed by atoms with van der Waals surface area (Å²) in [5, 5.41) is 0. The van der Waals surface area contributed by atoms with Crippen LogP contribution in [-0.2, 0) is 16.1 Å². The minimum absolute atomic E-state index is 0.175. The average molecular weight is 287 g/mol. The van der Waals surface area contributed by atoms with Crippen LogP contribution in [-0.4, -0.2) is 40.0 Å². The fourth-order valence-corrected chi connectivity index (χ4v) is 3.09. The molecular formula is C16H21N3O2. The number of rotatable bonds is 5. The number of aromatic nitrogens is 2. The van der Waals surface area contributed by atoms with Crippen LogP contribution in [0.15, 0.2) is 30.6 Å². The first-order valence-electron chi connectivity index (χ1n) is 7.50. The van der Waals surface area contributed by atoms with Crippen molar-refractivity contribution in [3.63, 3.8) is 0 Å². The molecule has 0 unspecified atom stereocenters. The molecule has 112 valence electrons. The van der Waals surface area contributed by atoms with Crippen molar-refractivity contribution in [1.29, 1.82) is 0 Å². The molecule has 21 heavy (non-hydrogen) atoms. The standard InChI is InChI=1S/C16H21N3O2/c1-21-16(20)12-19(14-6-2-3-7-14)11-13-10-18-9-5-4-8-15(18)17-13/h4-5,8-10,14H,2-3,6-7,11-12H2,1H3. The second-order valence-electron chi connectivity index (χ2n) is 5.62. The third kappa shape index (κ3) is 3.24. The highest BCUT2D eigenvalue weighted by Gasteiger charge is 2.25. The number of hydrogen-bond acceptors (Lipinski definition) is 4. The van der Waals surface area contributed by atoms with E-state index in [1.165, 1.54) is 20.0 Å². The van der Waals surface area contributed by atoms with Gasteiger partial charge in [-0.15, -0.1) is 0 Å². The lowest BCUT2D eigenvalue weighted by Crippen LogP contribution is -2.37. The van der Waals surface area contributed by atoms with Crippen molar-refractivity contribution in [2.45, 2.75) is 38.3 Å². The first kappa shape index (κ1) is 14.1. The van der Waals surface area contributed by atoms with Gasteiger partial charge in [0.1, 0.15) is 5.65 Å². The van der Waals surface area contributed by atoms with E-state index in [2.05, 4.69) is 9.88 Å². The van der Waals surface area contributed by atoms with Crippen LogP contribution in [0.4, 0.5) is 0 Å². The van der Waals surface area contributed by atoms with Gasteiger partial charge in [0.15, 0.2) is 0 Å². The Bertz CT molecular complexity index is 584. The Morgan fingerprint density at radius 3 is 2.95 bits per heavy atom. The van der Waals surface area contributed by atoms with E-state index in [1.54, 1.807) is 0 Å². The zero-order valence-corrected chi connectivity index (χ0v) is 12.4. The molecule has 5 heteroatoms. The monoisotopic (exact) mass is 287 g/mol. The van der Waals surface area contributed by atoms with Gasteiger partial charge in [-0.1, -0.05) is 18.9 Å². The second-order valence-corrected chi connectivity index (χ2v) is 5.62. The van der Waals surface area contributed by atoms with Crippen LogP contribution in [0.2, 0.25) is 0 Å². The lowest BCUT2D eigenvalue weighted by atomic mass is 10.2. The molecule has 0 atom stereocenters. The van der Waals surface area contributed by atoms with Crippen LogP contribution in [0, 0.1) is 0 Å². The molecular weight excluding hydrogens is 266 g/mol. The Balaban J connectivity index is 1.77. The van der Waals surface area contributed by atoms with Gasteiger partial charge in [-0.05, 0) is 25.0 Å². The van der Waals surface area contributed by atoms with Gasteiger partial charge >= 0.3 is 5.97 Å². The number of carbonyl (C=O) groups is 1. The summed E-state index contributed by atoms with van der Waals surface area (Å²) in [6.45, 7) is 1.04. The molecule has 2 heterocycles. The molecule has 2 aromatic heterocycles. The van der Waals surface area contributed by atoms with Crippen LogP contribution in [0.25, 0.3) is 5.65 Å². The van der Waals surface area contributed by atoms with E-state index in [9.17, 15) is 4.79 Å². The zero-order valence-electron chi connectivity index (χ0n) is 12.4. The third-order valence-corrected chi connectivity index (χ3v) is 4.18. The van der Waals surface area contributed by atoms with E-state index in [4.69, 9.17) is 4.74 Å². The molecule has 0 aromatic carbocycles. The van der Waals surface area contributed by atoms with Gasteiger partial charge < -0.3 is 9.14 Å². The molecule has 0 amide bonds. The highest BCUT2D eigenvalue weighted by molar-refractivity contribution is 5.71. The summed E-state index contributed by atoms with van der Waals surface area (Å²) >= 11 is 0. The largest absolute Gasteiger partial charge is 0.468 e. The fourth-order valence-electron chi connectivity index (χ4n) is 3.09. The predicted molar refractivity (Wildman–Crippen MR) is 79.9 cm³/mol. The maximum atomic E-state index is 11.7. The van der Waals surface area contributed by atoms with Crippen molar-refractivity contribution in [1.82, 2.24) is 14.3 Å². The van der Waals surface area contributed by atoms with Crippen molar-refractivity contribution in [3.8, 4) is 0 Å². The van der Waals surface area contributed by atoms with Gasteiger partial charge in [0.2, 0.25) is 0 Å². The molecule has 0 N–H and O–H groups in total. The lowest BCUT2D eigenvalue weighted by molar-refractivity contribution is -0.142. The van der Waals surface area contributed by atoms with E-state index >= 15 is 0 Å². The number of nitrogens with zero attached hydrogens (tertiary/aromatic N) is 3. The van der Waals surface area contributed by atoms with Gasteiger partial charge in [-0.2, -0.15) is 0 Å². The Hall–Kier alpha value is -1.88. The van der Waals surface area contributed by atoms with Crippen LogP contribution in [0.5, 0.6) is 0 Å². The molecule has 0 bridgehead atoms. The number of imidazole rings is 1. The van der Waals surface area contributed by atoms with Crippen molar-refractivity contribution >= 4 is 11.6 Å². The Morgan fingerprint density at radius 2 is 2.24 bits per heavy atom. The lowest BCUT2D eigenvalue weighted by Gasteiger charge is -2.26. The molecule has 0 aliphatic heterocycles. The van der Waals surface area contributed by atoms with Gasteiger partial charge in [0, 0.05) is 25.0 Å². The van der Waals surface area contributed by atoms with E-state index < -0.39 is 0 Å². The van der Waals surface area contributed by atoms with Crippen molar-refractivity contribution < 1.29 is 9.53 Å². The van der Waals surface area contributed by atoms with Crippen LogP contribution in [0.3, 0.4) is 0 Å². The molecule has 2 aromatic rings. The maximum absolute atomic E-state index is 11.7. The van der Waals surface area contributed by atoms with E-state index in [-0.39, 0.29) is 5.97 Å². The molecule has 1 fully saturated rings. The summed E-state index contributed by atoms with van der Waals surface area (Å²) in [7, 11) is 1.44. The molecule has 1 saturated carbocycles. The molecule has 0 spiro atoms. The van der Waals surface area contributed by atoms with E-state index in [0.717, 1.165) is 24.2 Å². The summed E-state index contributed by atoms with van der Waals surface area (Å²) in [6.07, 6.45) is 8.83. The van der Waals surface area contributed by atoms with Gasteiger partial charge in [0.25, 0.3) is 0 Å². The van der Waals surface area contributed by atoms with Crippen molar-refractivity contribution in [3.05, 3.63) is 36.3 Å². The molecule has 1 aliphatic carbocycles. The van der Waals surface area contributed by atoms with Crippen LogP contribution in [0.1, 0.15) is 31.4 Å². The van der Waals surface area contributed by atoms with Gasteiger partial charge in [-0.3, -0.25) is 9.69 Å². The highest BCUT2D eigenvalue weighted by atomic mass is 16.5. The van der Waals surface area contributed by atoms with E-state index in [1.807, 2.05) is 35.0 Å². The molecule has 1 aliphatic rings. The maximum Gasteiger partial charge on any atom is 0.319 e. The summed E-state index contributed by atoms with van der Waals surface area (Å²) in [5.74, 6) is -0.175. The van der Waals surface area contributed by atoms with Crippen LogP contribution < -0.4 is 0 Å². The van der Waals surface area contributed by atoms with Crippen LogP contribution >= 0.6 is 0 Å². The number of pyridine rings is 1. The minimum Gasteiger partial charge on any atom is -0.468 e. The number of fused-ring (bicyclic) bond motifs is 1. The smallest absolute Gasteiger partial charge is 0.319 e. The molecule has 0 radical (unpaired) electrons. The normalized spacial score (nSPS) is 15.9. The predicted octanol–water partition coefficient (Wildman–Crippen LogP) is 2.25. The third-order valence-electron chi connectivity index (χ3n) is 4.18. The minimum atomic E-state index is -0.175. The summed E-state index contributed by atoms with van der Waals surface area (Å²) in [5.41, 5.74) is 1.94. The Kier molecular flexibility index (Phi) is 4.20. The van der Waals surface area contributed by atoms with Crippen molar-refractivity contribution in [2.24, 2.45) is 0 Å². The topological polar surface area (TPSA) is 46.8 Å². The van der Waals surface area contributed by atoms with Gasteiger partial charge in [0.05, 0.1) is 19.3 Å². The number of hydrogen-bond donors (Lipinski definition) is 0. The summed E-state index contributed by atoms with van der Waals surface area (Å²) < 4.78 is 6.84. The Labute approximate surface area is 124 Å².